The van der Waals surface area contributed by atoms with E-state index in [-0.39, 0.29) is 34.0 Å². The Hall–Kier alpha value is -3.80. The summed E-state index contributed by atoms with van der Waals surface area (Å²) < 4.78 is 0. The van der Waals surface area contributed by atoms with Crippen molar-refractivity contribution in [2.75, 3.05) is 10.6 Å². The molecule has 2 amide bonds. The van der Waals surface area contributed by atoms with Gasteiger partial charge in [0.1, 0.15) is 11.5 Å². The van der Waals surface area contributed by atoms with E-state index < -0.39 is 11.8 Å². The zero-order valence-corrected chi connectivity index (χ0v) is 13.6. The van der Waals surface area contributed by atoms with Crippen LogP contribution in [-0.4, -0.2) is 22.0 Å². The van der Waals surface area contributed by atoms with Gasteiger partial charge < -0.3 is 20.8 Å². The molecule has 6 heteroatoms. The zero-order chi connectivity index (χ0) is 18.5. The molecule has 0 aromatic heterocycles. The third kappa shape index (κ3) is 3.81. The van der Waals surface area contributed by atoms with E-state index in [4.69, 9.17) is 0 Å². The van der Waals surface area contributed by atoms with E-state index in [2.05, 4.69) is 10.6 Å². The summed E-state index contributed by atoms with van der Waals surface area (Å²) in [7, 11) is 0. The Bertz CT molecular complexity index is 895. The lowest BCUT2D eigenvalue weighted by Gasteiger charge is -2.09. The predicted molar refractivity (Wildman–Crippen MR) is 98.6 cm³/mol. The van der Waals surface area contributed by atoms with Crippen LogP contribution in [0.2, 0.25) is 0 Å². The van der Waals surface area contributed by atoms with Gasteiger partial charge in [-0.15, -0.1) is 0 Å². The van der Waals surface area contributed by atoms with Crippen LogP contribution in [0.5, 0.6) is 11.5 Å². The molecule has 6 nitrogen and oxygen atoms in total. The topological polar surface area (TPSA) is 98.7 Å². The van der Waals surface area contributed by atoms with Gasteiger partial charge in [-0.05, 0) is 42.5 Å². The lowest BCUT2D eigenvalue weighted by molar-refractivity contribution is 0.102. The first kappa shape index (κ1) is 17.0. The molecule has 0 saturated carbocycles. The van der Waals surface area contributed by atoms with Crippen LogP contribution in [0.25, 0.3) is 0 Å². The highest BCUT2D eigenvalue weighted by Crippen LogP contribution is 2.24. The van der Waals surface area contributed by atoms with Crippen LogP contribution in [0.15, 0.2) is 72.8 Å². The number of benzene rings is 3. The van der Waals surface area contributed by atoms with E-state index in [1.54, 1.807) is 54.6 Å². The quantitative estimate of drug-likeness (QED) is 0.541. The summed E-state index contributed by atoms with van der Waals surface area (Å²) in [4.78, 5) is 24.7. The van der Waals surface area contributed by atoms with Crippen molar-refractivity contribution in [1.82, 2.24) is 0 Å². The van der Waals surface area contributed by atoms with Crippen LogP contribution in [-0.2, 0) is 0 Å². The Labute approximate surface area is 149 Å². The number of carbonyl (C=O) groups is 2. The average molecular weight is 348 g/mol. The summed E-state index contributed by atoms with van der Waals surface area (Å²) >= 11 is 0. The maximum absolute atomic E-state index is 12.4. The van der Waals surface area contributed by atoms with E-state index >= 15 is 0 Å². The molecule has 3 rings (SSSR count). The Morgan fingerprint density at radius 3 is 1.46 bits per heavy atom. The van der Waals surface area contributed by atoms with Crippen molar-refractivity contribution in [3.63, 3.8) is 0 Å². The first-order chi connectivity index (χ1) is 12.5. The zero-order valence-electron chi connectivity index (χ0n) is 13.6. The summed E-state index contributed by atoms with van der Waals surface area (Å²) in [6.45, 7) is 0. The molecule has 130 valence electrons. The molecule has 0 spiro atoms. The monoisotopic (exact) mass is 348 g/mol. The van der Waals surface area contributed by atoms with Crippen molar-refractivity contribution in [1.29, 1.82) is 0 Å². The number of anilines is 2. The highest BCUT2D eigenvalue weighted by molar-refractivity contribution is 6.09. The normalized spacial score (nSPS) is 10.2. The Kier molecular flexibility index (Phi) is 4.85. The Morgan fingerprint density at radius 1 is 0.615 bits per heavy atom. The molecule has 0 heterocycles. The second-order valence-corrected chi connectivity index (χ2v) is 5.52. The van der Waals surface area contributed by atoms with Gasteiger partial charge in [0.25, 0.3) is 11.8 Å². The molecule has 0 bridgehead atoms. The number of carbonyl (C=O) groups excluding carboxylic acids is 2. The molecule has 3 aromatic rings. The first-order valence-corrected chi connectivity index (χ1v) is 7.83. The van der Waals surface area contributed by atoms with E-state index in [1.807, 2.05) is 0 Å². The van der Waals surface area contributed by atoms with Gasteiger partial charge in [-0.3, -0.25) is 9.59 Å². The SMILES string of the molecule is O=C(Nc1ccccc1O)c1cccc(C(=O)Nc2ccccc2O)c1. The number of phenols is 2. The molecular formula is C20H16N2O4. The highest BCUT2D eigenvalue weighted by atomic mass is 16.3. The van der Waals surface area contributed by atoms with Crippen LogP contribution < -0.4 is 10.6 Å². The second kappa shape index (κ2) is 7.40. The number of para-hydroxylation sites is 4. The van der Waals surface area contributed by atoms with Crippen molar-refractivity contribution < 1.29 is 19.8 Å². The second-order valence-electron chi connectivity index (χ2n) is 5.52. The summed E-state index contributed by atoms with van der Waals surface area (Å²) in [5.41, 5.74) is 1.08. The molecule has 0 unspecified atom stereocenters. The number of hydrogen-bond acceptors (Lipinski definition) is 4. The van der Waals surface area contributed by atoms with Crippen LogP contribution >= 0.6 is 0 Å². The smallest absolute Gasteiger partial charge is 0.255 e. The van der Waals surface area contributed by atoms with Gasteiger partial charge in [0.2, 0.25) is 0 Å². The van der Waals surface area contributed by atoms with Crippen molar-refractivity contribution in [2.24, 2.45) is 0 Å². The van der Waals surface area contributed by atoms with Crippen LogP contribution in [0, 0.1) is 0 Å². The van der Waals surface area contributed by atoms with E-state index in [0.29, 0.717) is 0 Å². The van der Waals surface area contributed by atoms with Crippen molar-refractivity contribution >= 4 is 23.2 Å². The first-order valence-electron chi connectivity index (χ1n) is 7.83. The molecule has 0 atom stereocenters. The van der Waals surface area contributed by atoms with Gasteiger partial charge in [-0.25, -0.2) is 0 Å². The fraction of sp³-hybridized carbons (Fsp3) is 0. The van der Waals surface area contributed by atoms with Crippen molar-refractivity contribution in [3.05, 3.63) is 83.9 Å². The summed E-state index contributed by atoms with van der Waals surface area (Å²) in [5, 5.41) is 24.7. The van der Waals surface area contributed by atoms with E-state index in [1.165, 1.54) is 18.2 Å². The number of aromatic hydroxyl groups is 2. The molecule has 26 heavy (non-hydrogen) atoms. The van der Waals surface area contributed by atoms with Crippen molar-refractivity contribution in [3.8, 4) is 11.5 Å². The van der Waals surface area contributed by atoms with Gasteiger partial charge in [0.05, 0.1) is 11.4 Å². The highest BCUT2D eigenvalue weighted by Gasteiger charge is 2.13. The summed E-state index contributed by atoms with van der Waals surface area (Å²) in [6.07, 6.45) is 0. The number of nitrogens with one attached hydrogen (secondary N) is 2. The standard InChI is InChI=1S/C20H16N2O4/c23-17-10-3-1-8-15(17)21-19(25)13-6-5-7-14(12-13)20(26)22-16-9-2-4-11-18(16)24/h1-12,23-24H,(H,21,25)(H,22,26). The molecule has 0 aliphatic heterocycles. The molecule has 0 aliphatic rings. The molecule has 0 saturated heterocycles. The number of hydrogen-bond donors (Lipinski definition) is 4. The number of amides is 2. The molecule has 0 radical (unpaired) electrons. The lowest BCUT2D eigenvalue weighted by atomic mass is 10.1. The molecule has 0 aliphatic carbocycles. The third-order valence-electron chi connectivity index (χ3n) is 3.69. The Morgan fingerprint density at radius 2 is 1.04 bits per heavy atom. The minimum absolute atomic E-state index is 0.0469. The van der Waals surface area contributed by atoms with Gasteiger partial charge in [-0.2, -0.15) is 0 Å². The minimum Gasteiger partial charge on any atom is -0.506 e. The predicted octanol–water partition coefficient (Wildman–Crippen LogP) is 3.60. The third-order valence-corrected chi connectivity index (χ3v) is 3.69. The van der Waals surface area contributed by atoms with Crippen LogP contribution in [0.3, 0.4) is 0 Å². The molecule has 0 fully saturated rings. The average Bonchev–Trinajstić information content (AvgIpc) is 2.65. The molecular weight excluding hydrogens is 332 g/mol. The van der Waals surface area contributed by atoms with Gasteiger partial charge >= 0.3 is 0 Å². The maximum Gasteiger partial charge on any atom is 0.255 e. The van der Waals surface area contributed by atoms with Crippen LogP contribution in [0.4, 0.5) is 11.4 Å². The molecule has 3 aromatic carbocycles. The fourth-order valence-corrected chi connectivity index (χ4v) is 2.35. The maximum atomic E-state index is 12.4. The lowest BCUT2D eigenvalue weighted by Crippen LogP contribution is -2.15. The van der Waals surface area contributed by atoms with Gasteiger partial charge in [0.15, 0.2) is 0 Å². The van der Waals surface area contributed by atoms with E-state index in [0.717, 1.165) is 0 Å². The van der Waals surface area contributed by atoms with Crippen molar-refractivity contribution in [2.45, 2.75) is 0 Å². The number of phenolic OH excluding ortho intramolecular Hbond substituents is 2. The summed E-state index contributed by atoms with van der Waals surface area (Å²) in [6, 6.07) is 18.9. The van der Waals surface area contributed by atoms with Gasteiger partial charge in [-0.1, -0.05) is 30.3 Å². The number of rotatable bonds is 4. The van der Waals surface area contributed by atoms with Crippen LogP contribution in [0.1, 0.15) is 20.7 Å². The van der Waals surface area contributed by atoms with Gasteiger partial charge in [0, 0.05) is 11.1 Å². The molecule has 4 N–H and O–H groups in total. The van der Waals surface area contributed by atoms with E-state index in [9.17, 15) is 19.8 Å². The fourth-order valence-electron chi connectivity index (χ4n) is 2.35. The Balaban J connectivity index is 1.77. The minimum atomic E-state index is -0.455. The summed E-state index contributed by atoms with van der Waals surface area (Å²) in [5.74, 6) is -1.00. The largest absolute Gasteiger partial charge is 0.506 e.